The van der Waals surface area contributed by atoms with E-state index in [1.165, 1.54) is 0 Å². The first-order valence-corrected chi connectivity index (χ1v) is 7.71. The first-order valence-electron chi connectivity index (χ1n) is 7.24. The molecular weight excluding hydrogens is 280 g/mol. The maximum atomic E-state index is 12.5. The highest BCUT2D eigenvalue weighted by Crippen LogP contribution is 2.37. The third-order valence-corrected chi connectivity index (χ3v) is 4.71. The van der Waals surface area contributed by atoms with Crippen LogP contribution in [0, 0.1) is 12.3 Å². The summed E-state index contributed by atoms with van der Waals surface area (Å²) in [5, 5.41) is 1.66. The van der Waals surface area contributed by atoms with E-state index in [4.69, 9.17) is 18.0 Å². The van der Waals surface area contributed by atoms with Crippen molar-refractivity contribution in [2.24, 2.45) is 11.1 Å². The summed E-state index contributed by atoms with van der Waals surface area (Å²) in [6.07, 6.45) is 3.38. The van der Waals surface area contributed by atoms with Crippen molar-refractivity contribution in [1.29, 1.82) is 0 Å². The van der Waals surface area contributed by atoms with Crippen molar-refractivity contribution in [1.82, 2.24) is 4.90 Å². The number of rotatable bonds is 3. The molecular formula is C17H22N2OS. The van der Waals surface area contributed by atoms with E-state index in [1.54, 1.807) is 11.6 Å². The summed E-state index contributed by atoms with van der Waals surface area (Å²) >= 11 is 5.04. The fourth-order valence-electron chi connectivity index (χ4n) is 2.75. The second-order valence-electron chi connectivity index (χ2n) is 5.96. The normalized spacial score (nSPS) is 18.4. The van der Waals surface area contributed by atoms with Gasteiger partial charge in [-0.1, -0.05) is 36.8 Å². The van der Waals surface area contributed by atoms with Gasteiger partial charge in [0.1, 0.15) is 0 Å². The van der Waals surface area contributed by atoms with Gasteiger partial charge in [-0.15, -0.1) is 0 Å². The summed E-state index contributed by atoms with van der Waals surface area (Å²) in [6, 6.07) is 7.74. The molecule has 112 valence electrons. The molecule has 1 amide bonds. The van der Waals surface area contributed by atoms with Crippen molar-refractivity contribution >= 4 is 23.5 Å². The van der Waals surface area contributed by atoms with E-state index in [0.29, 0.717) is 0 Å². The number of piperidine rings is 1. The topological polar surface area (TPSA) is 46.3 Å². The molecule has 0 unspecified atom stereocenters. The number of hydrogen-bond donors (Lipinski definition) is 1. The minimum atomic E-state index is -0.0133. The molecule has 1 fully saturated rings. The highest BCUT2D eigenvalue weighted by Gasteiger charge is 2.34. The molecule has 1 saturated heterocycles. The van der Waals surface area contributed by atoms with Crippen LogP contribution in [0.1, 0.15) is 35.7 Å². The van der Waals surface area contributed by atoms with Crippen LogP contribution >= 0.6 is 12.2 Å². The number of hydrogen-bond acceptors (Lipinski definition) is 3. The standard InChI is InChI=1S/C17H22N2OS/c1-13-3-5-14(6-4-13)16(20)19-9-7-17(2,8-10-19)15(11-18)12-21/h3-6,11-12H,7-10,18H2,1-2H3. The minimum absolute atomic E-state index is 0.0133. The van der Waals surface area contributed by atoms with Crippen LogP contribution in [0.2, 0.25) is 0 Å². The predicted molar refractivity (Wildman–Crippen MR) is 90.3 cm³/mol. The van der Waals surface area contributed by atoms with E-state index < -0.39 is 0 Å². The summed E-state index contributed by atoms with van der Waals surface area (Å²) < 4.78 is 0. The number of aryl methyl sites for hydroxylation is 1. The van der Waals surface area contributed by atoms with Gasteiger partial charge in [0, 0.05) is 24.0 Å². The van der Waals surface area contributed by atoms with Crippen LogP contribution in [0.15, 0.2) is 36.0 Å². The molecule has 21 heavy (non-hydrogen) atoms. The van der Waals surface area contributed by atoms with Crippen molar-refractivity contribution < 1.29 is 4.79 Å². The molecule has 2 rings (SSSR count). The summed E-state index contributed by atoms with van der Waals surface area (Å²) in [4.78, 5) is 14.4. The Morgan fingerprint density at radius 3 is 2.33 bits per heavy atom. The van der Waals surface area contributed by atoms with E-state index in [2.05, 4.69) is 6.92 Å². The van der Waals surface area contributed by atoms with Gasteiger partial charge in [0.05, 0.1) is 0 Å². The van der Waals surface area contributed by atoms with Gasteiger partial charge < -0.3 is 10.6 Å². The number of nitrogens with zero attached hydrogens (tertiary/aromatic N) is 1. The van der Waals surface area contributed by atoms with E-state index in [0.717, 1.165) is 42.6 Å². The molecule has 0 atom stereocenters. The summed E-state index contributed by atoms with van der Waals surface area (Å²) in [5.41, 5.74) is 8.57. The summed E-state index contributed by atoms with van der Waals surface area (Å²) in [7, 11) is 0. The zero-order valence-electron chi connectivity index (χ0n) is 12.6. The molecule has 0 aromatic heterocycles. The van der Waals surface area contributed by atoms with Crippen molar-refractivity contribution in [3.63, 3.8) is 0 Å². The van der Waals surface area contributed by atoms with Crippen LogP contribution in [-0.4, -0.2) is 29.3 Å². The Hall–Kier alpha value is -1.68. The van der Waals surface area contributed by atoms with Gasteiger partial charge in [0.25, 0.3) is 5.91 Å². The zero-order chi connectivity index (χ0) is 15.5. The van der Waals surface area contributed by atoms with Crippen LogP contribution in [0.5, 0.6) is 0 Å². The van der Waals surface area contributed by atoms with Crippen molar-refractivity contribution in [3.8, 4) is 0 Å². The van der Waals surface area contributed by atoms with Gasteiger partial charge in [-0.05, 0) is 49.1 Å². The number of amides is 1. The predicted octanol–water partition coefficient (Wildman–Crippen LogP) is 3.08. The molecule has 0 aliphatic carbocycles. The van der Waals surface area contributed by atoms with Gasteiger partial charge in [0.15, 0.2) is 0 Å². The molecule has 1 heterocycles. The molecule has 4 heteroatoms. The molecule has 3 nitrogen and oxygen atoms in total. The van der Waals surface area contributed by atoms with E-state index >= 15 is 0 Å². The first-order chi connectivity index (χ1) is 10.00. The van der Waals surface area contributed by atoms with Crippen LogP contribution in [0.3, 0.4) is 0 Å². The van der Waals surface area contributed by atoms with Gasteiger partial charge in [0.2, 0.25) is 0 Å². The number of allylic oxidation sites excluding steroid dienone is 1. The summed E-state index contributed by atoms with van der Waals surface area (Å²) in [5.74, 6) is 0.109. The van der Waals surface area contributed by atoms with Crippen LogP contribution in [0.25, 0.3) is 0 Å². The Morgan fingerprint density at radius 1 is 1.29 bits per heavy atom. The lowest BCUT2D eigenvalue weighted by atomic mass is 9.75. The molecule has 0 spiro atoms. The molecule has 1 aliphatic heterocycles. The maximum Gasteiger partial charge on any atom is 0.253 e. The zero-order valence-corrected chi connectivity index (χ0v) is 13.5. The lowest BCUT2D eigenvalue weighted by molar-refractivity contribution is 0.0652. The smallest absolute Gasteiger partial charge is 0.253 e. The van der Waals surface area contributed by atoms with Crippen LogP contribution < -0.4 is 5.73 Å². The molecule has 0 saturated carbocycles. The largest absolute Gasteiger partial charge is 0.404 e. The van der Waals surface area contributed by atoms with E-state index in [-0.39, 0.29) is 11.3 Å². The monoisotopic (exact) mass is 302 g/mol. The van der Waals surface area contributed by atoms with Gasteiger partial charge in [-0.3, -0.25) is 4.79 Å². The van der Waals surface area contributed by atoms with Crippen molar-refractivity contribution in [2.45, 2.75) is 26.7 Å². The molecule has 0 radical (unpaired) electrons. The van der Waals surface area contributed by atoms with Gasteiger partial charge >= 0.3 is 0 Å². The Kier molecular flexibility index (Phi) is 4.78. The third-order valence-electron chi connectivity index (χ3n) is 4.46. The lowest BCUT2D eigenvalue weighted by Crippen LogP contribution is -2.43. The van der Waals surface area contributed by atoms with E-state index in [1.807, 2.05) is 36.1 Å². The number of nitrogens with two attached hydrogens (primary N) is 1. The highest BCUT2D eigenvalue weighted by molar-refractivity contribution is 7.79. The van der Waals surface area contributed by atoms with Crippen LogP contribution in [-0.2, 0) is 0 Å². The van der Waals surface area contributed by atoms with Gasteiger partial charge in [-0.2, -0.15) is 0 Å². The van der Waals surface area contributed by atoms with Crippen molar-refractivity contribution in [3.05, 3.63) is 47.2 Å². The molecule has 1 aliphatic rings. The summed E-state index contributed by atoms with van der Waals surface area (Å²) in [6.45, 7) is 5.67. The Bertz CT molecular complexity index is 555. The maximum absolute atomic E-state index is 12.5. The molecule has 1 aromatic rings. The Balaban J connectivity index is 2.05. The second kappa shape index (κ2) is 6.39. The van der Waals surface area contributed by atoms with Crippen molar-refractivity contribution in [2.75, 3.05) is 13.1 Å². The highest BCUT2D eigenvalue weighted by atomic mass is 32.1. The molecule has 1 aromatic carbocycles. The SMILES string of the molecule is Cc1ccc(C(=O)N2CCC(C)(C(C=S)=CN)CC2)cc1. The number of benzene rings is 1. The van der Waals surface area contributed by atoms with Gasteiger partial charge in [-0.25, -0.2) is 0 Å². The number of thiocarbonyl (C=S) groups is 1. The minimum Gasteiger partial charge on any atom is -0.404 e. The number of carbonyl (C=O) groups excluding carboxylic acids is 1. The fraction of sp³-hybridized carbons (Fsp3) is 0.412. The van der Waals surface area contributed by atoms with E-state index in [9.17, 15) is 4.79 Å². The lowest BCUT2D eigenvalue weighted by Gasteiger charge is -2.40. The van der Waals surface area contributed by atoms with Crippen LogP contribution in [0.4, 0.5) is 0 Å². The number of likely N-dealkylation sites (tertiary alicyclic amines) is 1. The average Bonchev–Trinajstić information content (AvgIpc) is 2.49. The fourth-order valence-corrected chi connectivity index (χ4v) is 3.12. The second-order valence-corrected chi connectivity index (χ2v) is 6.19. The molecule has 2 N–H and O–H groups in total. The Labute approximate surface area is 131 Å². The quantitative estimate of drug-likeness (QED) is 0.689. The average molecular weight is 302 g/mol. The number of carbonyl (C=O) groups is 1. The first kappa shape index (κ1) is 15.7. The third kappa shape index (κ3) is 3.32. The Morgan fingerprint density at radius 2 is 1.86 bits per heavy atom. The molecule has 0 bridgehead atoms.